The monoisotopic (exact) mass is 260 g/mol. The van der Waals surface area contributed by atoms with Crippen LogP contribution in [0.1, 0.15) is 58.9 Å². The van der Waals surface area contributed by atoms with Crippen LogP contribution in [0.3, 0.4) is 0 Å². The quantitative estimate of drug-likeness (QED) is 0.723. The third kappa shape index (κ3) is 3.99. The summed E-state index contributed by atoms with van der Waals surface area (Å²) in [6, 6.07) is 8.56. The van der Waals surface area contributed by atoms with E-state index < -0.39 is 0 Å². The van der Waals surface area contributed by atoms with E-state index in [1.807, 2.05) is 0 Å². The maximum Gasteiger partial charge on any atom is 0.119 e. The zero-order chi connectivity index (χ0) is 13.9. The van der Waals surface area contributed by atoms with Gasteiger partial charge in [0, 0.05) is 0 Å². The molecule has 0 bridgehead atoms. The Morgan fingerprint density at radius 1 is 1.11 bits per heavy atom. The summed E-state index contributed by atoms with van der Waals surface area (Å²) in [5.41, 5.74) is 1.81. The van der Waals surface area contributed by atoms with Crippen molar-refractivity contribution < 1.29 is 4.74 Å². The highest BCUT2D eigenvalue weighted by Gasteiger charge is 2.30. The fourth-order valence-corrected chi connectivity index (χ4v) is 3.08. The molecule has 1 aromatic rings. The van der Waals surface area contributed by atoms with Gasteiger partial charge < -0.3 is 4.74 Å². The van der Waals surface area contributed by atoms with Gasteiger partial charge in [-0.15, -0.1) is 0 Å². The Hall–Kier alpha value is -0.980. The van der Waals surface area contributed by atoms with E-state index in [0.29, 0.717) is 11.5 Å². The van der Waals surface area contributed by atoms with Crippen molar-refractivity contribution in [2.75, 3.05) is 0 Å². The van der Waals surface area contributed by atoms with Crippen molar-refractivity contribution in [2.45, 2.75) is 65.9 Å². The number of ether oxygens (including phenoxy) is 1. The summed E-state index contributed by atoms with van der Waals surface area (Å²) < 4.78 is 6.16. The predicted octanol–water partition coefficient (Wildman–Crippen LogP) is 5.23. The molecule has 0 radical (unpaired) electrons. The van der Waals surface area contributed by atoms with Crippen LogP contribution in [-0.2, 0) is 6.42 Å². The van der Waals surface area contributed by atoms with Crippen LogP contribution in [0.25, 0.3) is 0 Å². The summed E-state index contributed by atoms with van der Waals surface area (Å²) in [6.45, 7) is 9.28. The fraction of sp³-hybridized carbons (Fsp3) is 0.667. The summed E-state index contributed by atoms with van der Waals surface area (Å²) in [6.07, 6.45) is 6.53. The van der Waals surface area contributed by atoms with Gasteiger partial charge in [0.05, 0.1) is 6.10 Å². The molecule has 0 amide bonds. The van der Waals surface area contributed by atoms with E-state index >= 15 is 0 Å². The molecule has 0 N–H and O–H groups in total. The largest absolute Gasteiger partial charge is 0.490 e. The SMILES string of the molecule is CCc1cccc(OC2CCC(C(C)(C)C)CC2)c1. The molecule has 0 saturated heterocycles. The number of benzene rings is 1. The van der Waals surface area contributed by atoms with Gasteiger partial charge in [-0.1, -0.05) is 39.8 Å². The van der Waals surface area contributed by atoms with Gasteiger partial charge in [-0.05, 0) is 61.1 Å². The van der Waals surface area contributed by atoms with Crippen molar-refractivity contribution in [1.29, 1.82) is 0 Å². The van der Waals surface area contributed by atoms with Crippen LogP contribution in [0.2, 0.25) is 0 Å². The zero-order valence-electron chi connectivity index (χ0n) is 12.9. The van der Waals surface area contributed by atoms with Gasteiger partial charge in [-0.25, -0.2) is 0 Å². The molecule has 1 heteroatoms. The van der Waals surface area contributed by atoms with E-state index in [4.69, 9.17) is 4.74 Å². The second kappa shape index (κ2) is 5.98. The Morgan fingerprint density at radius 3 is 2.37 bits per heavy atom. The van der Waals surface area contributed by atoms with Crippen molar-refractivity contribution >= 4 is 0 Å². The molecule has 1 fully saturated rings. The van der Waals surface area contributed by atoms with Gasteiger partial charge in [-0.2, -0.15) is 0 Å². The molecule has 1 saturated carbocycles. The number of aryl methyl sites for hydroxylation is 1. The number of rotatable bonds is 3. The van der Waals surface area contributed by atoms with E-state index in [9.17, 15) is 0 Å². The lowest BCUT2D eigenvalue weighted by atomic mass is 9.72. The molecule has 0 atom stereocenters. The van der Waals surface area contributed by atoms with Gasteiger partial charge in [0.15, 0.2) is 0 Å². The van der Waals surface area contributed by atoms with Crippen LogP contribution < -0.4 is 4.74 Å². The lowest BCUT2D eigenvalue weighted by Gasteiger charge is -2.37. The first-order chi connectivity index (χ1) is 8.99. The van der Waals surface area contributed by atoms with Gasteiger partial charge in [0.25, 0.3) is 0 Å². The van der Waals surface area contributed by atoms with E-state index in [0.717, 1.165) is 18.1 Å². The molecule has 1 aliphatic rings. The third-order valence-electron chi connectivity index (χ3n) is 4.51. The lowest BCUT2D eigenvalue weighted by molar-refractivity contribution is 0.0882. The first-order valence-corrected chi connectivity index (χ1v) is 7.74. The van der Waals surface area contributed by atoms with Gasteiger partial charge >= 0.3 is 0 Å². The minimum atomic E-state index is 0.422. The molecule has 0 aromatic heterocycles. The highest BCUT2D eigenvalue weighted by atomic mass is 16.5. The molecule has 0 spiro atoms. The summed E-state index contributed by atoms with van der Waals surface area (Å²) in [7, 11) is 0. The third-order valence-corrected chi connectivity index (χ3v) is 4.51. The molecule has 2 rings (SSSR count). The molecule has 1 aliphatic carbocycles. The van der Waals surface area contributed by atoms with E-state index in [-0.39, 0.29) is 0 Å². The Balaban J connectivity index is 1.88. The molecule has 19 heavy (non-hydrogen) atoms. The minimum Gasteiger partial charge on any atom is -0.490 e. The molecular formula is C18H28O. The van der Waals surface area contributed by atoms with E-state index in [1.54, 1.807) is 0 Å². The highest BCUT2D eigenvalue weighted by Crippen LogP contribution is 2.38. The highest BCUT2D eigenvalue weighted by molar-refractivity contribution is 5.28. The van der Waals surface area contributed by atoms with Crippen LogP contribution >= 0.6 is 0 Å². The molecule has 0 aliphatic heterocycles. The molecule has 0 unspecified atom stereocenters. The van der Waals surface area contributed by atoms with Crippen molar-refractivity contribution in [1.82, 2.24) is 0 Å². The van der Waals surface area contributed by atoms with Crippen molar-refractivity contribution in [3.63, 3.8) is 0 Å². The Morgan fingerprint density at radius 2 is 1.79 bits per heavy atom. The van der Waals surface area contributed by atoms with Crippen LogP contribution in [0.15, 0.2) is 24.3 Å². The molecule has 0 heterocycles. The normalized spacial score (nSPS) is 24.2. The van der Waals surface area contributed by atoms with Crippen LogP contribution in [0.4, 0.5) is 0 Å². The zero-order valence-corrected chi connectivity index (χ0v) is 12.9. The standard InChI is InChI=1S/C18H28O/c1-5-14-7-6-8-17(13-14)19-16-11-9-15(10-12-16)18(2,3)4/h6-8,13,15-16H,5,9-12H2,1-4H3. The lowest BCUT2D eigenvalue weighted by Crippen LogP contribution is -2.30. The van der Waals surface area contributed by atoms with Crippen molar-refractivity contribution in [2.24, 2.45) is 11.3 Å². The van der Waals surface area contributed by atoms with Gasteiger partial charge in [-0.3, -0.25) is 0 Å². The maximum absolute atomic E-state index is 6.16. The Kier molecular flexibility index (Phi) is 4.54. The van der Waals surface area contributed by atoms with Crippen LogP contribution in [0.5, 0.6) is 5.75 Å². The molecule has 1 nitrogen and oxygen atoms in total. The average Bonchev–Trinajstić information content (AvgIpc) is 2.38. The summed E-state index contributed by atoms with van der Waals surface area (Å²) >= 11 is 0. The Labute approximate surface area is 118 Å². The predicted molar refractivity (Wildman–Crippen MR) is 81.6 cm³/mol. The van der Waals surface area contributed by atoms with E-state index in [2.05, 4.69) is 52.0 Å². The summed E-state index contributed by atoms with van der Waals surface area (Å²) in [4.78, 5) is 0. The number of hydrogen-bond acceptors (Lipinski definition) is 1. The molecular weight excluding hydrogens is 232 g/mol. The second-order valence-electron chi connectivity index (χ2n) is 6.96. The van der Waals surface area contributed by atoms with Crippen LogP contribution in [0, 0.1) is 11.3 Å². The second-order valence-corrected chi connectivity index (χ2v) is 6.96. The average molecular weight is 260 g/mol. The van der Waals surface area contributed by atoms with Gasteiger partial charge in [0.1, 0.15) is 5.75 Å². The number of hydrogen-bond donors (Lipinski definition) is 0. The summed E-state index contributed by atoms with van der Waals surface area (Å²) in [5, 5.41) is 0. The fourth-order valence-electron chi connectivity index (χ4n) is 3.08. The Bertz CT molecular complexity index is 394. The van der Waals surface area contributed by atoms with Crippen LogP contribution in [-0.4, -0.2) is 6.10 Å². The maximum atomic E-state index is 6.16. The van der Waals surface area contributed by atoms with Crippen molar-refractivity contribution in [3.8, 4) is 5.75 Å². The first kappa shape index (κ1) is 14.4. The summed E-state index contributed by atoms with van der Waals surface area (Å²) in [5.74, 6) is 1.91. The van der Waals surface area contributed by atoms with E-state index in [1.165, 1.54) is 31.2 Å². The van der Waals surface area contributed by atoms with Gasteiger partial charge in [0.2, 0.25) is 0 Å². The first-order valence-electron chi connectivity index (χ1n) is 7.74. The molecule has 1 aromatic carbocycles. The topological polar surface area (TPSA) is 9.23 Å². The smallest absolute Gasteiger partial charge is 0.119 e. The van der Waals surface area contributed by atoms with Crippen molar-refractivity contribution in [3.05, 3.63) is 29.8 Å². The minimum absolute atomic E-state index is 0.422. The molecule has 106 valence electrons.